The van der Waals surface area contributed by atoms with Gasteiger partial charge in [-0.2, -0.15) is 0 Å². The van der Waals surface area contributed by atoms with Gasteiger partial charge in [0.05, 0.1) is 11.1 Å². The van der Waals surface area contributed by atoms with Crippen LogP contribution in [0, 0.1) is 11.6 Å². The molecule has 0 heterocycles. The highest BCUT2D eigenvalue weighted by Gasteiger charge is 2.27. The van der Waals surface area contributed by atoms with Crippen LogP contribution in [0.3, 0.4) is 0 Å². The fourth-order valence-corrected chi connectivity index (χ4v) is 3.16. The number of halogens is 2. The molecule has 4 rings (SSSR count). The molecule has 0 bridgehead atoms. The maximum Gasteiger partial charge on any atom is 0.338 e. The molecule has 0 spiro atoms. The number of carbonyl (C=O) groups excluding carboxylic acids is 3. The van der Waals surface area contributed by atoms with Gasteiger partial charge >= 0.3 is 5.97 Å². The molecule has 28 heavy (non-hydrogen) atoms. The smallest absolute Gasteiger partial charge is 0.338 e. The average molecular weight is 378 g/mol. The van der Waals surface area contributed by atoms with Gasteiger partial charge in [0, 0.05) is 17.2 Å². The summed E-state index contributed by atoms with van der Waals surface area (Å²) < 4.78 is 31.5. The summed E-state index contributed by atoms with van der Waals surface area (Å²) in [6.45, 7) is -0.702. The van der Waals surface area contributed by atoms with Crippen molar-refractivity contribution in [2.45, 2.75) is 0 Å². The number of hydrogen-bond acceptors (Lipinski definition) is 4. The number of carbonyl (C=O) groups is 3. The molecular weight excluding hydrogens is 366 g/mol. The molecule has 0 saturated carbocycles. The Bertz CT molecular complexity index is 1150. The van der Waals surface area contributed by atoms with Crippen molar-refractivity contribution in [3.05, 3.63) is 94.6 Å². The molecule has 0 fully saturated rings. The molecule has 0 N–H and O–H groups in total. The van der Waals surface area contributed by atoms with Gasteiger partial charge in [-0.25, -0.2) is 13.6 Å². The van der Waals surface area contributed by atoms with E-state index in [4.69, 9.17) is 4.74 Å². The summed E-state index contributed by atoms with van der Waals surface area (Å²) in [6.07, 6.45) is 0. The van der Waals surface area contributed by atoms with E-state index in [1.54, 1.807) is 18.2 Å². The summed E-state index contributed by atoms with van der Waals surface area (Å²) in [5, 5.41) is 0. The lowest BCUT2D eigenvalue weighted by Crippen LogP contribution is -2.16. The van der Waals surface area contributed by atoms with E-state index in [9.17, 15) is 23.2 Å². The Morgan fingerprint density at radius 3 is 2.29 bits per heavy atom. The van der Waals surface area contributed by atoms with Crippen molar-refractivity contribution in [3.8, 4) is 11.1 Å². The molecule has 138 valence electrons. The highest BCUT2D eigenvalue weighted by atomic mass is 19.1. The van der Waals surface area contributed by atoms with Crippen molar-refractivity contribution in [1.29, 1.82) is 0 Å². The summed E-state index contributed by atoms with van der Waals surface area (Å²) in [4.78, 5) is 36.8. The molecule has 1 aliphatic carbocycles. The summed E-state index contributed by atoms with van der Waals surface area (Å²) in [7, 11) is 0. The second-order valence-electron chi connectivity index (χ2n) is 6.26. The maximum absolute atomic E-state index is 13.6. The SMILES string of the molecule is O=C(OCC(=O)c1ccc(F)cc1F)c1ccc2c(c1)C(=O)c1ccccc1-2. The standard InChI is InChI=1S/C22H12F2O4/c23-13-6-8-17(19(24)10-13)20(25)11-28-22(27)12-5-7-15-14-3-1-2-4-16(14)21(26)18(15)9-12/h1-10H,11H2. The van der Waals surface area contributed by atoms with Crippen molar-refractivity contribution < 1.29 is 27.9 Å². The van der Waals surface area contributed by atoms with Crippen molar-refractivity contribution in [1.82, 2.24) is 0 Å². The van der Waals surface area contributed by atoms with Gasteiger partial charge in [-0.05, 0) is 35.4 Å². The Hall–Kier alpha value is -3.67. The van der Waals surface area contributed by atoms with E-state index in [1.165, 1.54) is 12.1 Å². The molecule has 0 unspecified atom stereocenters. The topological polar surface area (TPSA) is 60.4 Å². The minimum absolute atomic E-state index is 0.104. The zero-order valence-corrected chi connectivity index (χ0v) is 14.4. The number of benzene rings is 3. The van der Waals surface area contributed by atoms with Gasteiger partial charge in [0.15, 0.2) is 12.4 Å². The van der Waals surface area contributed by atoms with E-state index in [1.807, 2.05) is 12.1 Å². The minimum atomic E-state index is -1.03. The van der Waals surface area contributed by atoms with Crippen LogP contribution in [0.5, 0.6) is 0 Å². The fraction of sp³-hybridized carbons (Fsp3) is 0.0455. The number of ether oxygens (including phenoxy) is 1. The first-order valence-electron chi connectivity index (χ1n) is 8.39. The maximum atomic E-state index is 13.6. The Balaban J connectivity index is 1.51. The molecule has 6 heteroatoms. The quantitative estimate of drug-likeness (QED) is 0.394. The van der Waals surface area contributed by atoms with Crippen LogP contribution < -0.4 is 0 Å². The van der Waals surface area contributed by atoms with Crippen LogP contribution in [0.15, 0.2) is 60.7 Å². The van der Waals surface area contributed by atoms with Crippen molar-refractivity contribution in [2.24, 2.45) is 0 Å². The number of esters is 1. The summed E-state index contributed by atoms with van der Waals surface area (Å²) in [5.74, 6) is -3.64. The Morgan fingerprint density at radius 2 is 1.54 bits per heavy atom. The van der Waals surface area contributed by atoms with Crippen LogP contribution in [0.1, 0.15) is 36.6 Å². The van der Waals surface area contributed by atoms with Crippen LogP contribution in [-0.2, 0) is 4.74 Å². The Morgan fingerprint density at radius 1 is 0.821 bits per heavy atom. The van der Waals surface area contributed by atoms with E-state index in [-0.39, 0.29) is 16.9 Å². The molecule has 3 aromatic carbocycles. The highest BCUT2D eigenvalue weighted by molar-refractivity contribution is 6.22. The third-order valence-electron chi connectivity index (χ3n) is 4.53. The molecule has 4 nitrogen and oxygen atoms in total. The number of Topliss-reactive ketones (excluding diaryl/α,β-unsaturated/α-hetero) is 1. The number of rotatable bonds is 4. The third-order valence-corrected chi connectivity index (χ3v) is 4.53. The Kier molecular flexibility index (Phi) is 4.31. The molecule has 0 saturated heterocycles. The van der Waals surface area contributed by atoms with Crippen molar-refractivity contribution in [2.75, 3.05) is 6.61 Å². The van der Waals surface area contributed by atoms with Crippen molar-refractivity contribution in [3.63, 3.8) is 0 Å². The molecular formula is C22H12F2O4. The molecule has 1 aliphatic rings. The van der Waals surface area contributed by atoms with E-state index in [2.05, 4.69) is 0 Å². The van der Waals surface area contributed by atoms with Gasteiger partial charge < -0.3 is 4.74 Å². The van der Waals surface area contributed by atoms with Gasteiger partial charge in [0.2, 0.25) is 5.78 Å². The normalized spacial score (nSPS) is 11.7. The largest absolute Gasteiger partial charge is 0.454 e. The van der Waals surface area contributed by atoms with Crippen LogP contribution in [-0.4, -0.2) is 24.1 Å². The third kappa shape index (κ3) is 2.99. The lowest BCUT2D eigenvalue weighted by atomic mass is 10.0. The van der Waals surface area contributed by atoms with E-state index in [0.29, 0.717) is 17.2 Å². The van der Waals surface area contributed by atoms with Crippen LogP contribution in [0.4, 0.5) is 8.78 Å². The predicted octanol–water partition coefficient (Wildman–Crippen LogP) is 4.22. The first kappa shape index (κ1) is 17.7. The molecule has 0 aromatic heterocycles. The minimum Gasteiger partial charge on any atom is -0.454 e. The number of hydrogen-bond donors (Lipinski definition) is 0. The van der Waals surface area contributed by atoms with Gasteiger partial charge in [0.1, 0.15) is 11.6 Å². The van der Waals surface area contributed by atoms with Crippen LogP contribution >= 0.6 is 0 Å². The fourth-order valence-electron chi connectivity index (χ4n) is 3.16. The molecule has 0 aliphatic heterocycles. The van der Waals surface area contributed by atoms with E-state index < -0.39 is 30.0 Å². The summed E-state index contributed by atoms with van der Waals surface area (Å²) >= 11 is 0. The van der Waals surface area contributed by atoms with Crippen LogP contribution in [0.2, 0.25) is 0 Å². The first-order chi connectivity index (χ1) is 13.5. The first-order valence-corrected chi connectivity index (χ1v) is 8.39. The zero-order chi connectivity index (χ0) is 19.8. The summed E-state index contributed by atoms with van der Waals surface area (Å²) in [6, 6.07) is 14.2. The number of fused-ring (bicyclic) bond motifs is 3. The molecule has 0 radical (unpaired) electrons. The lowest BCUT2D eigenvalue weighted by Gasteiger charge is -2.07. The van der Waals surface area contributed by atoms with Crippen LogP contribution in [0.25, 0.3) is 11.1 Å². The highest BCUT2D eigenvalue weighted by Crippen LogP contribution is 2.36. The average Bonchev–Trinajstić information content (AvgIpc) is 2.98. The van der Waals surface area contributed by atoms with Gasteiger partial charge in [-0.3, -0.25) is 9.59 Å². The number of ketones is 2. The summed E-state index contributed by atoms with van der Waals surface area (Å²) in [5.41, 5.74) is 2.20. The molecule has 3 aromatic rings. The lowest BCUT2D eigenvalue weighted by molar-refractivity contribution is 0.0473. The molecule has 0 atom stereocenters. The second kappa shape index (κ2) is 6.81. The van der Waals surface area contributed by atoms with Gasteiger partial charge in [-0.1, -0.05) is 30.3 Å². The van der Waals surface area contributed by atoms with Gasteiger partial charge in [0.25, 0.3) is 0 Å². The van der Waals surface area contributed by atoms with E-state index >= 15 is 0 Å². The zero-order valence-electron chi connectivity index (χ0n) is 14.4. The van der Waals surface area contributed by atoms with E-state index in [0.717, 1.165) is 23.3 Å². The van der Waals surface area contributed by atoms with Gasteiger partial charge in [-0.15, -0.1) is 0 Å². The monoisotopic (exact) mass is 378 g/mol. The predicted molar refractivity (Wildman–Crippen MR) is 96.3 cm³/mol. The molecule has 0 amide bonds. The second-order valence-corrected chi connectivity index (χ2v) is 6.26. The Labute approximate surface area is 158 Å². The van der Waals surface area contributed by atoms with Crippen molar-refractivity contribution >= 4 is 17.5 Å².